The van der Waals surface area contributed by atoms with Crippen LogP contribution in [0.3, 0.4) is 0 Å². The number of ether oxygens (including phenoxy) is 1. The maximum Gasteiger partial charge on any atom is 0.111 e. The average Bonchev–Trinajstić information content (AvgIpc) is 2.59. The maximum absolute atomic E-state index is 8.97. The number of halogens is 1. The second-order valence-electron chi connectivity index (χ2n) is 4.12. The zero-order valence-electron chi connectivity index (χ0n) is 9.45. The molecule has 1 fully saturated rings. The van der Waals surface area contributed by atoms with E-state index in [9.17, 15) is 0 Å². The van der Waals surface area contributed by atoms with Crippen LogP contribution in [0.15, 0.2) is 4.60 Å². The zero-order valence-corrected chi connectivity index (χ0v) is 11.0. The van der Waals surface area contributed by atoms with Crippen LogP contribution in [-0.2, 0) is 18.2 Å². The maximum atomic E-state index is 8.97. The second kappa shape index (κ2) is 5.29. The molecule has 1 aliphatic heterocycles. The molecule has 5 heteroatoms. The predicted molar refractivity (Wildman–Crippen MR) is 64.5 cm³/mol. The van der Waals surface area contributed by atoms with Crippen molar-refractivity contribution in [2.45, 2.75) is 25.2 Å². The van der Waals surface area contributed by atoms with E-state index in [0.29, 0.717) is 12.3 Å². The number of imidazole rings is 1. The Morgan fingerprint density at radius 1 is 1.50 bits per heavy atom. The monoisotopic (exact) mass is 288 g/mol. The summed E-state index contributed by atoms with van der Waals surface area (Å²) in [6, 6.07) is 0. The molecule has 0 aromatic carbocycles. The van der Waals surface area contributed by atoms with Crippen LogP contribution in [-0.4, -0.2) is 34.5 Å². The summed E-state index contributed by atoms with van der Waals surface area (Å²) >= 11 is 3.58. The van der Waals surface area contributed by atoms with Crippen LogP contribution >= 0.6 is 15.9 Å². The molecule has 1 aliphatic rings. The molecule has 0 saturated carbocycles. The number of rotatable bonds is 3. The van der Waals surface area contributed by atoms with Gasteiger partial charge in [-0.25, -0.2) is 4.98 Å². The Hall–Kier alpha value is -0.390. The van der Waals surface area contributed by atoms with Gasteiger partial charge in [-0.15, -0.1) is 0 Å². The minimum absolute atomic E-state index is 0.143. The second-order valence-corrected chi connectivity index (χ2v) is 4.87. The quantitative estimate of drug-likeness (QED) is 0.919. The molecule has 0 bridgehead atoms. The Bertz CT molecular complexity index is 359. The van der Waals surface area contributed by atoms with Gasteiger partial charge in [-0.2, -0.15) is 0 Å². The molecule has 1 N–H and O–H groups in total. The number of aromatic nitrogens is 2. The molecule has 0 spiro atoms. The van der Waals surface area contributed by atoms with Gasteiger partial charge >= 0.3 is 0 Å². The summed E-state index contributed by atoms with van der Waals surface area (Å²) < 4.78 is 8.41. The Balaban J connectivity index is 2.22. The van der Waals surface area contributed by atoms with E-state index in [1.54, 1.807) is 0 Å². The van der Waals surface area contributed by atoms with Crippen LogP contribution in [0, 0.1) is 0 Å². The third-order valence-corrected chi connectivity index (χ3v) is 4.02. The fourth-order valence-electron chi connectivity index (χ4n) is 2.10. The van der Waals surface area contributed by atoms with Crippen molar-refractivity contribution >= 4 is 15.9 Å². The average molecular weight is 289 g/mol. The molecule has 2 rings (SSSR count). The van der Waals surface area contributed by atoms with Crippen molar-refractivity contribution in [2.75, 3.05) is 19.8 Å². The molecule has 1 aromatic rings. The topological polar surface area (TPSA) is 47.3 Å². The highest BCUT2D eigenvalue weighted by molar-refractivity contribution is 9.10. The number of nitrogens with zero attached hydrogens (tertiary/aromatic N) is 2. The van der Waals surface area contributed by atoms with Crippen LogP contribution < -0.4 is 0 Å². The Kier molecular flexibility index (Phi) is 4.00. The normalized spacial score (nSPS) is 17.9. The van der Waals surface area contributed by atoms with Gasteiger partial charge in [-0.3, -0.25) is 0 Å². The lowest BCUT2D eigenvalue weighted by molar-refractivity contribution is 0.0844. The third-order valence-electron chi connectivity index (χ3n) is 3.09. The van der Waals surface area contributed by atoms with Crippen molar-refractivity contribution < 1.29 is 9.84 Å². The van der Waals surface area contributed by atoms with E-state index >= 15 is 0 Å². The van der Waals surface area contributed by atoms with Crippen molar-refractivity contribution in [1.29, 1.82) is 0 Å². The van der Waals surface area contributed by atoms with Gasteiger partial charge in [0.25, 0.3) is 0 Å². The van der Waals surface area contributed by atoms with Gasteiger partial charge in [0.1, 0.15) is 10.4 Å². The molecule has 0 aliphatic carbocycles. The number of aliphatic hydroxyl groups excluding tert-OH is 1. The summed E-state index contributed by atoms with van der Waals surface area (Å²) in [4.78, 5) is 4.62. The number of hydrogen-bond donors (Lipinski definition) is 1. The highest BCUT2D eigenvalue weighted by atomic mass is 79.9. The Morgan fingerprint density at radius 2 is 2.19 bits per heavy atom. The zero-order chi connectivity index (χ0) is 11.5. The van der Waals surface area contributed by atoms with Gasteiger partial charge in [-0.1, -0.05) is 0 Å². The first-order valence-corrected chi connectivity index (χ1v) is 6.43. The molecular weight excluding hydrogens is 272 g/mol. The van der Waals surface area contributed by atoms with E-state index in [4.69, 9.17) is 9.84 Å². The minimum atomic E-state index is 0.143. The van der Waals surface area contributed by atoms with Crippen molar-refractivity contribution in [3.05, 3.63) is 16.1 Å². The van der Waals surface area contributed by atoms with Gasteiger partial charge in [0.15, 0.2) is 0 Å². The minimum Gasteiger partial charge on any atom is -0.396 e. The van der Waals surface area contributed by atoms with Crippen LogP contribution in [0.1, 0.15) is 30.3 Å². The molecule has 0 atom stereocenters. The first-order valence-electron chi connectivity index (χ1n) is 5.63. The summed E-state index contributed by atoms with van der Waals surface area (Å²) in [5.74, 6) is 1.43. The number of hydrogen-bond acceptors (Lipinski definition) is 3. The van der Waals surface area contributed by atoms with Gasteiger partial charge in [0.2, 0.25) is 0 Å². The summed E-state index contributed by atoms with van der Waals surface area (Å²) in [6.07, 6.45) is 2.68. The molecule has 1 saturated heterocycles. The lowest BCUT2D eigenvalue weighted by Crippen LogP contribution is -2.14. The smallest absolute Gasteiger partial charge is 0.111 e. The lowest BCUT2D eigenvalue weighted by atomic mass is 9.97. The van der Waals surface area contributed by atoms with Crippen LogP contribution in [0.4, 0.5) is 0 Å². The summed E-state index contributed by atoms with van der Waals surface area (Å²) in [7, 11) is 1.98. The standard InChI is InChI=1S/C11H17BrN2O2/c1-14-9(2-5-15)13-10(11(14)12)8-3-6-16-7-4-8/h8,15H,2-7H2,1H3. The van der Waals surface area contributed by atoms with E-state index < -0.39 is 0 Å². The lowest BCUT2D eigenvalue weighted by Gasteiger charge is -2.20. The van der Waals surface area contributed by atoms with E-state index in [1.807, 2.05) is 11.6 Å². The number of aliphatic hydroxyl groups is 1. The molecule has 0 radical (unpaired) electrons. The molecule has 4 nitrogen and oxygen atoms in total. The highest BCUT2D eigenvalue weighted by Gasteiger charge is 2.23. The first kappa shape index (κ1) is 12.1. The largest absolute Gasteiger partial charge is 0.396 e. The summed E-state index contributed by atoms with van der Waals surface area (Å²) in [5, 5.41) is 8.97. The fraction of sp³-hybridized carbons (Fsp3) is 0.727. The van der Waals surface area contributed by atoms with Crippen molar-refractivity contribution in [2.24, 2.45) is 7.05 Å². The van der Waals surface area contributed by atoms with Gasteiger partial charge in [-0.05, 0) is 28.8 Å². The highest BCUT2D eigenvalue weighted by Crippen LogP contribution is 2.32. The van der Waals surface area contributed by atoms with Gasteiger partial charge in [0, 0.05) is 32.6 Å². The van der Waals surface area contributed by atoms with Gasteiger partial charge in [0.05, 0.1) is 12.3 Å². The molecule has 0 unspecified atom stereocenters. The van der Waals surface area contributed by atoms with E-state index in [-0.39, 0.29) is 6.61 Å². The van der Waals surface area contributed by atoms with Crippen molar-refractivity contribution in [3.63, 3.8) is 0 Å². The van der Waals surface area contributed by atoms with Crippen LogP contribution in [0.25, 0.3) is 0 Å². The SMILES string of the molecule is Cn1c(CCO)nc(C2CCOCC2)c1Br. The fourth-order valence-corrected chi connectivity index (χ4v) is 2.72. The third kappa shape index (κ3) is 2.31. The molecule has 0 amide bonds. The summed E-state index contributed by atoms with van der Waals surface area (Å²) in [5.41, 5.74) is 1.12. The molecule has 1 aromatic heterocycles. The van der Waals surface area contributed by atoms with E-state index in [0.717, 1.165) is 42.2 Å². The van der Waals surface area contributed by atoms with Gasteiger partial charge < -0.3 is 14.4 Å². The van der Waals surface area contributed by atoms with Crippen LogP contribution in [0.2, 0.25) is 0 Å². The molecule has 90 valence electrons. The Labute approximate surface area is 104 Å². The molecule has 2 heterocycles. The molecular formula is C11H17BrN2O2. The Morgan fingerprint density at radius 3 is 2.81 bits per heavy atom. The predicted octanol–water partition coefficient (Wildman–Crippen LogP) is 1.61. The van der Waals surface area contributed by atoms with E-state index in [2.05, 4.69) is 20.9 Å². The summed E-state index contributed by atoms with van der Waals surface area (Å²) in [6.45, 7) is 1.79. The van der Waals surface area contributed by atoms with Crippen molar-refractivity contribution in [1.82, 2.24) is 9.55 Å². The molecule has 16 heavy (non-hydrogen) atoms. The van der Waals surface area contributed by atoms with E-state index in [1.165, 1.54) is 0 Å². The first-order chi connectivity index (χ1) is 7.74. The van der Waals surface area contributed by atoms with Crippen LogP contribution in [0.5, 0.6) is 0 Å². The van der Waals surface area contributed by atoms with Crippen molar-refractivity contribution in [3.8, 4) is 0 Å².